The van der Waals surface area contributed by atoms with Crippen LogP contribution in [0.2, 0.25) is 0 Å². The Labute approximate surface area is 108 Å². The fraction of sp³-hybridized carbons (Fsp3) is 0.700. The molecule has 0 radical (unpaired) electrons. The zero-order valence-electron chi connectivity index (χ0n) is 11.3. The topological polar surface area (TPSA) is 84.9 Å². The van der Waals surface area contributed by atoms with Gasteiger partial charge in [0.2, 0.25) is 5.91 Å². The standard InChI is InChI=1S/C10H21N2O5P/c1-9(2)10(13)11-7-6-8-16-18(14,15)17-12(3,4)5/h1,6-8H2,2-5H3,(H-,11,13,14,15)/p+1. The normalized spacial score (nSPS) is 14.9. The summed E-state index contributed by atoms with van der Waals surface area (Å²) in [6.07, 6.45) is 0.407. The average Bonchev–Trinajstić information content (AvgIpc) is 2.12. The first-order valence-corrected chi connectivity index (χ1v) is 6.97. The van der Waals surface area contributed by atoms with Crippen LogP contribution in [-0.2, 0) is 18.5 Å². The van der Waals surface area contributed by atoms with E-state index in [1.165, 1.54) is 0 Å². The zero-order chi connectivity index (χ0) is 14.4. The van der Waals surface area contributed by atoms with Gasteiger partial charge in [0, 0.05) is 12.1 Å². The third-order valence-corrected chi connectivity index (χ3v) is 2.80. The highest BCUT2D eigenvalue weighted by Crippen LogP contribution is 2.44. The Kier molecular flexibility index (Phi) is 6.73. The van der Waals surface area contributed by atoms with Crippen molar-refractivity contribution in [3.05, 3.63) is 12.2 Å². The first kappa shape index (κ1) is 17.3. The maximum Gasteiger partial charge on any atom is 0.518 e. The summed E-state index contributed by atoms with van der Waals surface area (Å²) in [5, 5.41) is 2.58. The number of nitrogens with one attached hydrogen (secondary N) is 1. The Morgan fingerprint density at radius 1 is 1.44 bits per heavy atom. The first-order valence-electron chi connectivity index (χ1n) is 5.47. The summed E-state index contributed by atoms with van der Waals surface area (Å²) in [5.41, 5.74) is 0.414. The monoisotopic (exact) mass is 281 g/mol. The molecule has 2 N–H and O–H groups in total. The highest BCUT2D eigenvalue weighted by atomic mass is 31.2. The molecule has 0 aliphatic rings. The molecule has 0 saturated heterocycles. The molecule has 0 aromatic rings. The van der Waals surface area contributed by atoms with Crippen LogP contribution in [0.4, 0.5) is 0 Å². The molecule has 0 aliphatic carbocycles. The van der Waals surface area contributed by atoms with Crippen molar-refractivity contribution in [3.63, 3.8) is 0 Å². The molecule has 106 valence electrons. The van der Waals surface area contributed by atoms with Gasteiger partial charge in [0.15, 0.2) is 0 Å². The molecular weight excluding hydrogens is 259 g/mol. The van der Waals surface area contributed by atoms with Crippen molar-refractivity contribution in [1.82, 2.24) is 5.32 Å². The molecule has 1 atom stereocenters. The molecule has 0 saturated carbocycles. The van der Waals surface area contributed by atoms with Gasteiger partial charge in [-0.1, -0.05) is 11.2 Å². The van der Waals surface area contributed by atoms with Gasteiger partial charge in [-0.25, -0.2) is 4.57 Å². The number of hydroxylamine groups is 3. The summed E-state index contributed by atoms with van der Waals surface area (Å²) >= 11 is 0. The lowest BCUT2D eigenvalue weighted by Crippen LogP contribution is -2.33. The number of phosphoric ester groups is 1. The molecule has 18 heavy (non-hydrogen) atoms. The molecule has 0 spiro atoms. The van der Waals surface area contributed by atoms with Crippen LogP contribution in [0.1, 0.15) is 13.3 Å². The van der Waals surface area contributed by atoms with E-state index in [1.54, 1.807) is 28.1 Å². The largest absolute Gasteiger partial charge is 0.518 e. The van der Waals surface area contributed by atoms with Crippen LogP contribution >= 0.6 is 7.82 Å². The summed E-state index contributed by atoms with van der Waals surface area (Å²) in [6, 6.07) is 0. The predicted octanol–water partition coefficient (Wildman–Crippen LogP) is 0.824. The maximum atomic E-state index is 11.4. The van der Waals surface area contributed by atoms with E-state index in [-0.39, 0.29) is 17.2 Å². The van der Waals surface area contributed by atoms with Gasteiger partial charge in [-0.05, 0) is 13.3 Å². The van der Waals surface area contributed by atoms with E-state index in [2.05, 4.69) is 11.9 Å². The second kappa shape index (κ2) is 7.01. The Morgan fingerprint density at radius 2 is 2.00 bits per heavy atom. The van der Waals surface area contributed by atoms with E-state index >= 15 is 0 Å². The van der Waals surface area contributed by atoms with Crippen molar-refractivity contribution < 1.29 is 28.0 Å². The zero-order valence-corrected chi connectivity index (χ0v) is 12.2. The SMILES string of the molecule is C=C(C)C(=O)NCCCOP(=O)(O)O[N+](C)(C)C. The fourth-order valence-electron chi connectivity index (χ4n) is 0.938. The average molecular weight is 281 g/mol. The van der Waals surface area contributed by atoms with Crippen molar-refractivity contribution in [3.8, 4) is 0 Å². The number of carbonyl (C=O) groups excluding carboxylic acids is 1. The molecule has 0 bridgehead atoms. The van der Waals surface area contributed by atoms with Crippen LogP contribution in [0, 0.1) is 0 Å². The van der Waals surface area contributed by atoms with Gasteiger partial charge in [0.25, 0.3) is 0 Å². The highest BCUT2D eigenvalue weighted by Gasteiger charge is 2.30. The number of rotatable bonds is 8. The van der Waals surface area contributed by atoms with E-state index in [9.17, 15) is 14.3 Å². The van der Waals surface area contributed by atoms with Crippen LogP contribution < -0.4 is 5.32 Å². The second-order valence-electron chi connectivity index (χ2n) is 4.66. The molecule has 0 aromatic heterocycles. The minimum absolute atomic E-state index is 0.0181. The number of nitrogens with zero attached hydrogens (tertiary/aromatic N) is 1. The summed E-state index contributed by atoms with van der Waals surface area (Å²) in [6.45, 7) is 5.45. The molecule has 7 nitrogen and oxygen atoms in total. The number of hydrogen-bond acceptors (Lipinski definition) is 4. The van der Waals surface area contributed by atoms with Gasteiger partial charge in [-0.2, -0.15) is 4.65 Å². The fourth-order valence-corrected chi connectivity index (χ4v) is 1.96. The van der Waals surface area contributed by atoms with E-state index in [1.807, 2.05) is 0 Å². The maximum absolute atomic E-state index is 11.4. The quantitative estimate of drug-likeness (QED) is 0.226. The van der Waals surface area contributed by atoms with Gasteiger partial charge in [0.1, 0.15) is 0 Å². The Morgan fingerprint density at radius 3 is 2.44 bits per heavy atom. The lowest BCUT2D eigenvalue weighted by atomic mass is 10.3. The summed E-state index contributed by atoms with van der Waals surface area (Å²) in [5.74, 6) is -0.246. The highest BCUT2D eigenvalue weighted by molar-refractivity contribution is 7.47. The minimum atomic E-state index is -4.06. The van der Waals surface area contributed by atoms with Crippen molar-refractivity contribution in [2.24, 2.45) is 0 Å². The first-order chi connectivity index (χ1) is 8.03. The molecule has 8 heteroatoms. The van der Waals surface area contributed by atoms with E-state index in [0.717, 1.165) is 0 Å². The summed E-state index contributed by atoms with van der Waals surface area (Å²) < 4.78 is 20.9. The third kappa shape index (κ3) is 9.32. The number of amides is 1. The van der Waals surface area contributed by atoms with Crippen LogP contribution in [0.3, 0.4) is 0 Å². The summed E-state index contributed by atoms with van der Waals surface area (Å²) in [7, 11) is 0.735. The Hall–Kier alpha value is -0.720. The molecule has 1 unspecified atom stereocenters. The third-order valence-electron chi connectivity index (χ3n) is 1.60. The molecule has 0 fully saturated rings. The minimum Gasteiger partial charge on any atom is -0.352 e. The van der Waals surface area contributed by atoms with Crippen molar-refractivity contribution >= 4 is 13.7 Å². The van der Waals surface area contributed by atoms with Crippen molar-refractivity contribution in [2.75, 3.05) is 34.3 Å². The molecular formula is C10H22N2O5P+. The molecule has 0 heterocycles. The van der Waals surface area contributed by atoms with Crippen LogP contribution in [0.15, 0.2) is 12.2 Å². The number of carbonyl (C=O) groups is 1. The van der Waals surface area contributed by atoms with Gasteiger partial charge < -0.3 is 5.32 Å². The predicted molar refractivity (Wildman–Crippen MR) is 67.3 cm³/mol. The van der Waals surface area contributed by atoms with Gasteiger partial charge >= 0.3 is 7.82 Å². The Bertz CT molecular complexity index is 351. The molecule has 0 aromatic carbocycles. The molecule has 0 aliphatic heterocycles. The van der Waals surface area contributed by atoms with Crippen molar-refractivity contribution in [1.29, 1.82) is 0 Å². The van der Waals surface area contributed by atoms with Crippen LogP contribution in [0.25, 0.3) is 0 Å². The second-order valence-corrected chi connectivity index (χ2v) is 6.02. The van der Waals surface area contributed by atoms with E-state index in [4.69, 9.17) is 9.15 Å². The van der Waals surface area contributed by atoms with Crippen LogP contribution in [0.5, 0.6) is 0 Å². The van der Waals surface area contributed by atoms with Gasteiger partial charge in [-0.15, -0.1) is 0 Å². The molecule has 0 rings (SSSR count). The van der Waals surface area contributed by atoms with Crippen LogP contribution in [-0.4, -0.2) is 49.7 Å². The smallest absolute Gasteiger partial charge is 0.352 e. The lowest BCUT2D eigenvalue weighted by Gasteiger charge is -2.22. The van der Waals surface area contributed by atoms with E-state index < -0.39 is 7.82 Å². The van der Waals surface area contributed by atoms with E-state index in [0.29, 0.717) is 18.5 Å². The van der Waals surface area contributed by atoms with Crippen molar-refractivity contribution in [2.45, 2.75) is 13.3 Å². The molecule has 1 amide bonds. The van der Waals surface area contributed by atoms with Gasteiger partial charge in [-0.3, -0.25) is 14.2 Å². The number of quaternary nitrogens is 1. The number of hydrogen-bond donors (Lipinski definition) is 2. The number of phosphoric acid groups is 1. The van der Waals surface area contributed by atoms with Gasteiger partial charge in [0.05, 0.1) is 27.7 Å². The summed E-state index contributed by atoms with van der Waals surface area (Å²) in [4.78, 5) is 20.4. The Balaban J connectivity index is 3.82. The lowest BCUT2D eigenvalue weighted by molar-refractivity contribution is -1.04.